The molecule has 2 aromatic carbocycles. The lowest BCUT2D eigenvalue weighted by Gasteiger charge is -2.13. The van der Waals surface area contributed by atoms with E-state index < -0.39 is 0 Å². The summed E-state index contributed by atoms with van der Waals surface area (Å²) >= 11 is 13.3. The molecule has 0 aliphatic rings. The highest BCUT2D eigenvalue weighted by atomic mass is 79.9. The van der Waals surface area contributed by atoms with E-state index in [0.717, 1.165) is 15.9 Å². The largest absolute Gasteiger partial charge is 0.0843 e. The smallest absolute Gasteiger partial charge is 0.0655 e. The zero-order chi connectivity index (χ0) is 14.5. The van der Waals surface area contributed by atoms with Gasteiger partial charge in [0, 0.05) is 9.50 Å². The summed E-state index contributed by atoms with van der Waals surface area (Å²) in [5.74, 6) is 0. The summed E-state index contributed by atoms with van der Waals surface area (Å²) in [6, 6.07) is 14.8. The van der Waals surface area contributed by atoms with Crippen LogP contribution in [0.2, 0.25) is 5.02 Å². The van der Waals surface area contributed by atoms with Crippen LogP contribution in [0.15, 0.2) is 46.9 Å². The van der Waals surface area contributed by atoms with Crippen molar-refractivity contribution in [3.05, 3.63) is 68.7 Å². The van der Waals surface area contributed by atoms with Crippen molar-refractivity contribution in [3.63, 3.8) is 0 Å². The van der Waals surface area contributed by atoms with Gasteiger partial charge in [-0.05, 0) is 41.7 Å². The minimum atomic E-state index is 0.175. The van der Waals surface area contributed by atoms with Gasteiger partial charge < -0.3 is 0 Å². The molecule has 20 heavy (non-hydrogen) atoms. The Bertz CT molecular complexity index is 564. The van der Waals surface area contributed by atoms with Gasteiger partial charge in [0.05, 0.1) is 4.83 Å². The molecule has 3 heteroatoms. The third-order valence-corrected chi connectivity index (χ3v) is 5.27. The van der Waals surface area contributed by atoms with E-state index >= 15 is 0 Å². The van der Waals surface area contributed by atoms with Crippen LogP contribution in [0.1, 0.15) is 41.3 Å². The highest BCUT2D eigenvalue weighted by Crippen LogP contribution is 2.36. The van der Waals surface area contributed by atoms with Crippen molar-refractivity contribution in [3.8, 4) is 0 Å². The van der Waals surface area contributed by atoms with Crippen molar-refractivity contribution in [2.45, 2.75) is 31.0 Å². The number of benzene rings is 2. The van der Waals surface area contributed by atoms with Crippen molar-refractivity contribution in [2.24, 2.45) is 0 Å². The van der Waals surface area contributed by atoms with Crippen LogP contribution in [0, 0.1) is 0 Å². The van der Waals surface area contributed by atoms with E-state index in [4.69, 9.17) is 11.6 Å². The molecule has 0 bridgehead atoms. The predicted molar refractivity (Wildman–Crippen MR) is 95.0 cm³/mol. The van der Waals surface area contributed by atoms with Crippen LogP contribution in [0.25, 0.3) is 0 Å². The van der Waals surface area contributed by atoms with Crippen molar-refractivity contribution in [1.82, 2.24) is 0 Å². The predicted octanol–water partition coefficient (Wildman–Crippen LogP) is 6.93. The van der Waals surface area contributed by atoms with Crippen LogP contribution < -0.4 is 0 Å². The molecule has 2 aromatic rings. The lowest BCUT2D eigenvalue weighted by atomic mass is 10.0. The molecule has 0 spiro atoms. The first-order valence-corrected chi connectivity index (χ1v) is 8.88. The van der Waals surface area contributed by atoms with Gasteiger partial charge in [0.1, 0.15) is 0 Å². The Morgan fingerprint density at radius 3 is 2.40 bits per heavy atom. The van der Waals surface area contributed by atoms with Gasteiger partial charge in [0.25, 0.3) is 0 Å². The van der Waals surface area contributed by atoms with E-state index in [0.29, 0.717) is 0 Å². The molecular weight excluding hydrogens is 399 g/mol. The molecule has 0 saturated carbocycles. The Hall–Kier alpha value is -0.310. The summed E-state index contributed by atoms with van der Waals surface area (Å²) in [7, 11) is 0. The topological polar surface area (TPSA) is 0 Å². The van der Waals surface area contributed by atoms with E-state index in [9.17, 15) is 0 Å². The highest BCUT2D eigenvalue weighted by molar-refractivity contribution is 9.11. The zero-order valence-corrected chi connectivity index (χ0v) is 15.3. The molecule has 106 valence electrons. The molecule has 0 fully saturated rings. The summed E-state index contributed by atoms with van der Waals surface area (Å²) < 4.78 is 1.03. The van der Waals surface area contributed by atoms with E-state index in [1.165, 1.54) is 29.5 Å². The first-order chi connectivity index (χ1) is 9.61. The first-order valence-electron chi connectivity index (χ1n) is 6.79. The van der Waals surface area contributed by atoms with Crippen LogP contribution in [-0.4, -0.2) is 0 Å². The average molecular weight is 417 g/mol. The normalized spacial score (nSPS) is 12.4. The Labute approximate surface area is 142 Å². The van der Waals surface area contributed by atoms with Gasteiger partial charge in [0.2, 0.25) is 0 Å². The molecule has 0 aliphatic carbocycles. The van der Waals surface area contributed by atoms with E-state index in [-0.39, 0.29) is 4.83 Å². The van der Waals surface area contributed by atoms with Gasteiger partial charge in [-0.15, -0.1) is 0 Å². The minimum absolute atomic E-state index is 0.175. The maximum absolute atomic E-state index is 5.99. The van der Waals surface area contributed by atoms with Crippen LogP contribution >= 0.6 is 43.5 Å². The summed E-state index contributed by atoms with van der Waals surface area (Å²) in [6.45, 7) is 2.22. The second kappa shape index (κ2) is 7.63. The zero-order valence-electron chi connectivity index (χ0n) is 11.4. The second-order valence-corrected chi connectivity index (χ2v) is 7.08. The van der Waals surface area contributed by atoms with Gasteiger partial charge in [0.15, 0.2) is 0 Å². The number of unbranched alkanes of at least 4 members (excludes halogenated alkanes) is 1. The molecule has 1 atom stereocenters. The maximum Gasteiger partial charge on any atom is 0.0655 e. The fourth-order valence-electron chi connectivity index (χ4n) is 2.12. The maximum atomic E-state index is 5.99. The summed E-state index contributed by atoms with van der Waals surface area (Å²) in [5.41, 5.74) is 3.86. The quantitative estimate of drug-likeness (QED) is 0.464. The monoisotopic (exact) mass is 414 g/mol. The van der Waals surface area contributed by atoms with E-state index in [2.05, 4.69) is 69.1 Å². The number of aryl methyl sites for hydroxylation is 1. The van der Waals surface area contributed by atoms with Crippen molar-refractivity contribution in [1.29, 1.82) is 0 Å². The van der Waals surface area contributed by atoms with Gasteiger partial charge in [-0.1, -0.05) is 87.1 Å². The Kier molecular flexibility index (Phi) is 6.13. The SMILES string of the molecule is CCCCc1ccc(C(Br)c2ccc(Cl)cc2Br)cc1. The molecule has 0 radical (unpaired) electrons. The lowest BCUT2D eigenvalue weighted by molar-refractivity contribution is 0.795. The number of alkyl halides is 1. The number of hydrogen-bond donors (Lipinski definition) is 0. The van der Waals surface area contributed by atoms with Crippen molar-refractivity contribution >= 4 is 43.5 Å². The van der Waals surface area contributed by atoms with Crippen molar-refractivity contribution < 1.29 is 0 Å². The van der Waals surface area contributed by atoms with Gasteiger partial charge in [-0.25, -0.2) is 0 Å². The standard InChI is InChI=1S/C17H17Br2Cl/c1-2-3-4-12-5-7-13(8-6-12)17(19)15-10-9-14(20)11-16(15)18/h5-11,17H,2-4H2,1H3. The van der Waals surface area contributed by atoms with E-state index in [1.54, 1.807) is 0 Å². The van der Waals surface area contributed by atoms with Crippen LogP contribution in [0.3, 0.4) is 0 Å². The molecule has 0 heterocycles. The van der Waals surface area contributed by atoms with Gasteiger partial charge in [-0.3, -0.25) is 0 Å². The Balaban J connectivity index is 2.18. The summed E-state index contributed by atoms with van der Waals surface area (Å²) in [6.07, 6.45) is 3.65. The lowest BCUT2D eigenvalue weighted by Crippen LogP contribution is -1.95. The van der Waals surface area contributed by atoms with Crippen LogP contribution in [-0.2, 0) is 6.42 Å². The second-order valence-electron chi connectivity index (χ2n) is 4.87. The number of rotatable bonds is 5. The third kappa shape index (κ3) is 4.09. The highest BCUT2D eigenvalue weighted by Gasteiger charge is 2.13. The van der Waals surface area contributed by atoms with E-state index in [1.807, 2.05) is 12.1 Å². The van der Waals surface area contributed by atoms with Crippen LogP contribution in [0.4, 0.5) is 0 Å². The number of hydrogen-bond acceptors (Lipinski definition) is 0. The first kappa shape index (κ1) is 16.1. The average Bonchev–Trinajstić information content (AvgIpc) is 2.45. The molecule has 2 rings (SSSR count). The summed E-state index contributed by atoms with van der Waals surface area (Å²) in [4.78, 5) is 0.175. The minimum Gasteiger partial charge on any atom is -0.0843 e. The Morgan fingerprint density at radius 2 is 1.80 bits per heavy atom. The molecule has 0 aliphatic heterocycles. The van der Waals surface area contributed by atoms with Gasteiger partial charge in [-0.2, -0.15) is 0 Å². The van der Waals surface area contributed by atoms with Gasteiger partial charge >= 0.3 is 0 Å². The number of halogens is 3. The molecule has 0 amide bonds. The molecule has 0 aromatic heterocycles. The third-order valence-electron chi connectivity index (χ3n) is 3.33. The molecule has 0 nitrogen and oxygen atoms in total. The fraction of sp³-hybridized carbons (Fsp3) is 0.294. The molecule has 0 saturated heterocycles. The summed E-state index contributed by atoms with van der Waals surface area (Å²) in [5, 5.41) is 0.746. The molecule has 1 unspecified atom stereocenters. The molecule has 0 N–H and O–H groups in total. The fourth-order valence-corrected chi connectivity index (χ4v) is 4.04. The van der Waals surface area contributed by atoms with Crippen molar-refractivity contribution in [2.75, 3.05) is 0 Å². The molecular formula is C17H17Br2Cl. The van der Waals surface area contributed by atoms with Crippen LogP contribution in [0.5, 0.6) is 0 Å². The Morgan fingerprint density at radius 1 is 1.10 bits per heavy atom.